The van der Waals surface area contributed by atoms with Crippen LogP contribution in [0.15, 0.2) is 11.3 Å². The van der Waals surface area contributed by atoms with Crippen LogP contribution in [0.1, 0.15) is 25.7 Å². The molecule has 0 saturated carbocycles. The molecule has 1 aliphatic carbocycles. The fourth-order valence-corrected chi connectivity index (χ4v) is 2.95. The van der Waals surface area contributed by atoms with Gasteiger partial charge in [0.2, 0.25) is 0 Å². The zero-order valence-corrected chi connectivity index (χ0v) is 11.7. The smallest absolute Gasteiger partial charge is 0.378 e. The van der Waals surface area contributed by atoms with E-state index in [9.17, 15) is 30.7 Å². The fraction of sp³-hybridized carbons (Fsp3) is 0.846. The number of hydrogen-bond acceptors (Lipinski definition) is 2. The molecule has 1 aliphatic heterocycles. The first-order chi connectivity index (χ1) is 10.1. The highest BCUT2D eigenvalue weighted by Gasteiger charge is 2.74. The Morgan fingerprint density at radius 3 is 1.77 bits per heavy atom. The molecule has 0 aromatic rings. The van der Waals surface area contributed by atoms with Gasteiger partial charge in [-0.05, 0) is 25.7 Å². The number of alkyl halides is 7. The Kier molecular flexibility index (Phi) is 4.66. The van der Waals surface area contributed by atoms with Crippen molar-refractivity contribution in [2.24, 2.45) is 0 Å². The first-order valence-corrected chi connectivity index (χ1v) is 6.96. The van der Waals surface area contributed by atoms with Crippen molar-refractivity contribution in [3.8, 4) is 0 Å². The highest BCUT2D eigenvalue weighted by atomic mass is 19.4. The van der Waals surface area contributed by atoms with Crippen LogP contribution in [0.5, 0.6) is 0 Å². The van der Waals surface area contributed by atoms with Crippen molar-refractivity contribution >= 4 is 0 Å². The van der Waals surface area contributed by atoms with Crippen LogP contribution in [0.25, 0.3) is 0 Å². The zero-order chi connectivity index (χ0) is 16.6. The van der Waals surface area contributed by atoms with E-state index in [1.807, 2.05) is 0 Å². The predicted molar refractivity (Wildman–Crippen MR) is 63.8 cm³/mol. The van der Waals surface area contributed by atoms with Crippen molar-refractivity contribution < 1.29 is 35.5 Å². The van der Waals surface area contributed by atoms with E-state index in [-0.39, 0.29) is 44.8 Å². The molecule has 128 valence electrons. The molecule has 0 radical (unpaired) electrons. The minimum Gasteiger partial charge on any atom is -0.378 e. The minimum atomic E-state index is -6.03. The third-order valence-corrected chi connectivity index (χ3v) is 4.03. The lowest BCUT2D eigenvalue weighted by atomic mass is 9.83. The fourth-order valence-electron chi connectivity index (χ4n) is 2.95. The Morgan fingerprint density at radius 1 is 0.773 bits per heavy atom. The van der Waals surface area contributed by atoms with Gasteiger partial charge in [-0.25, -0.2) is 4.39 Å². The van der Waals surface area contributed by atoms with E-state index in [0.29, 0.717) is 6.42 Å². The maximum atomic E-state index is 14.3. The van der Waals surface area contributed by atoms with Gasteiger partial charge in [-0.1, -0.05) is 0 Å². The molecule has 1 heterocycles. The van der Waals surface area contributed by atoms with Crippen LogP contribution < -0.4 is 0 Å². The van der Waals surface area contributed by atoms with Crippen molar-refractivity contribution in [2.45, 2.75) is 43.7 Å². The molecule has 0 atom stereocenters. The summed E-state index contributed by atoms with van der Waals surface area (Å²) in [7, 11) is 0. The SMILES string of the molecule is FC(F)(F)C(F)(C1=C(N2CCOCC2)CCCC1)C(F)(F)F. The molecule has 22 heavy (non-hydrogen) atoms. The van der Waals surface area contributed by atoms with Gasteiger partial charge in [0.25, 0.3) is 0 Å². The average Bonchev–Trinajstić information content (AvgIpc) is 2.45. The lowest BCUT2D eigenvalue weighted by Crippen LogP contribution is -2.56. The second-order valence-electron chi connectivity index (χ2n) is 5.39. The molecule has 0 spiro atoms. The Morgan fingerprint density at radius 2 is 1.27 bits per heavy atom. The van der Waals surface area contributed by atoms with Crippen molar-refractivity contribution in [3.05, 3.63) is 11.3 Å². The molecule has 2 rings (SSSR count). The highest BCUT2D eigenvalue weighted by Crippen LogP contribution is 2.54. The third kappa shape index (κ3) is 2.91. The van der Waals surface area contributed by atoms with Gasteiger partial charge in [0.1, 0.15) is 0 Å². The number of nitrogens with zero attached hydrogens (tertiary/aromatic N) is 1. The maximum Gasteiger partial charge on any atom is 0.435 e. The monoisotopic (exact) mass is 335 g/mol. The minimum absolute atomic E-state index is 0.0210. The molecule has 0 amide bonds. The standard InChI is InChI=1S/C13H16F7NO/c14-11(12(15,16)17,13(18,19)20)9-3-1-2-4-10(9)21-5-7-22-8-6-21/h1-8H2. The largest absolute Gasteiger partial charge is 0.435 e. The van der Waals surface area contributed by atoms with Gasteiger partial charge in [-0.2, -0.15) is 26.3 Å². The highest BCUT2D eigenvalue weighted by molar-refractivity contribution is 5.31. The van der Waals surface area contributed by atoms with E-state index in [1.165, 1.54) is 4.90 Å². The van der Waals surface area contributed by atoms with Gasteiger partial charge in [0, 0.05) is 24.4 Å². The van der Waals surface area contributed by atoms with E-state index in [1.54, 1.807) is 0 Å². The first kappa shape index (κ1) is 17.4. The Bertz CT molecular complexity index is 421. The van der Waals surface area contributed by atoms with E-state index >= 15 is 0 Å². The van der Waals surface area contributed by atoms with E-state index in [2.05, 4.69) is 0 Å². The van der Waals surface area contributed by atoms with Gasteiger partial charge in [0.05, 0.1) is 13.2 Å². The summed E-state index contributed by atoms with van der Waals surface area (Å²) in [6, 6.07) is 0. The molecule has 0 aromatic heterocycles. The van der Waals surface area contributed by atoms with Crippen LogP contribution >= 0.6 is 0 Å². The van der Waals surface area contributed by atoms with Crippen LogP contribution in [-0.2, 0) is 4.74 Å². The molecular formula is C13H16F7NO. The molecule has 0 N–H and O–H groups in total. The Hall–Kier alpha value is -0.990. The summed E-state index contributed by atoms with van der Waals surface area (Å²) < 4.78 is 97.1. The summed E-state index contributed by atoms with van der Waals surface area (Å²) >= 11 is 0. The quantitative estimate of drug-likeness (QED) is 0.708. The zero-order valence-electron chi connectivity index (χ0n) is 11.7. The van der Waals surface area contributed by atoms with Gasteiger partial charge in [0.15, 0.2) is 0 Å². The molecule has 9 heteroatoms. The topological polar surface area (TPSA) is 12.5 Å². The number of ether oxygens (including phenoxy) is 1. The lowest BCUT2D eigenvalue weighted by molar-refractivity contribution is -0.327. The second kappa shape index (κ2) is 5.90. The third-order valence-electron chi connectivity index (χ3n) is 4.03. The van der Waals surface area contributed by atoms with Crippen molar-refractivity contribution in [2.75, 3.05) is 26.3 Å². The summed E-state index contributed by atoms with van der Waals surface area (Å²) in [5, 5.41) is 0. The molecular weight excluding hydrogens is 319 g/mol. The van der Waals surface area contributed by atoms with Crippen molar-refractivity contribution in [1.82, 2.24) is 4.90 Å². The number of morpholine rings is 1. The van der Waals surface area contributed by atoms with Crippen molar-refractivity contribution in [1.29, 1.82) is 0 Å². The molecule has 1 saturated heterocycles. The Labute approximate surface area is 122 Å². The van der Waals surface area contributed by atoms with Crippen LogP contribution in [0, 0.1) is 0 Å². The predicted octanol–water partition coefficient (Wildman–Crippen LogP) is 3.98. The summed E-state index contributed by atoms with van der Waals surface area (Å²) in [5.74, 6) is 0. The summed E-state index contributed by atoms with van der Waals surface area (Å²) in [6.07, 6.45) is -12.0. The Balaban J connectivity index is 2.52. The molecule has 2 nitrogen and oxygen atoms in total. The second-order valence-corrected chi connectivity index (χ2v) is 5.39. The molecule has 0 unspecified atom stereocenters. The van der Waals surface area contributed by atoms with Gasteiger partial charge in [-0.3, -0.25) is 0 Å². The molecule has 0 bridgehead atoms. The van der Waals surface area contributed by atoms with E-state index in [4.69, 9.17) is 4.74 Å². The number of hydrogen-bond donors (Lipinski definition) is 0. The number of halogens is 7. The molecule has 0 aromatic carbocycles. The van der Waals surface area contributed by atoms with Gasteiger partial charge >= 0.3 is 18.0 Å². The van der Waals surface area contributed by atoms with Gasteiger partial charge < -0.3 is 9.64 Å². The van der Waals surface area contributed by atoms with Crippen LogP contribution in [-0.4, -0.2) is 49.2 Å². The van der Waals surface area contributed by atoms with E-state index < -0.39 is 30.0 Å². The summed E-state index contributed by atoms with van der Waals surface area (Å²) in [5.41, 5.74) is -6.62. The molecule has 1 fully saturated rings. The van der Waals surface area contributed by atoms with Crippen LogP contribution in [0.3, 0.4) is 0 Å². The first-order valence-electron chi connectivity index (χ1n) is 6.96. The number of allylic oxidation sites excluding steroid dienone is 2. The van der Waals surface area contributed by atoms with Crippen LogP contribution in [0.2, 0.25) is 0 Å². The van der Waals surface area contributed by atoms with E-state index in [0.717, 1.165) is 0 Å². The van der Waals surface area contributed by atoms with Crippen molar-refractivity contribution in [3.63, 3.8) is 0 Å². The maximum absolute atomic E-state index is 14.3. The van der Waals surface area contributed by atoms with Gasteiger partial charge in [-0.15, -0.1) is 0 Å². The van der Waals surface area contributed by atoms with Crippen LogP contribution in [0.4, 0.5) is 30.7 Å². The summed E-state index contributed by atoms with van der Waals surface area (Å²) in [4.78, 5) is 1.39. The lowest BCUT2D eigenvalue weighted by Gasteiger charge is -2.40. The number of rotatable bonds is 2. The molecule has 2 aliphatic rings. The summed E-state index contributed by atoms with van der Waals surface area (Å²) in [6.45, 7) is 0.747. The normalized spacial score (nSPS) is 22.2. The average molecular weight is 335 g/mol.